The maximum Gasteiger partial charge on any atom is 0.249 e. The van der Waals surface area contributed by atoms with Gasteiger partial charge in [0.1, 0.15) is 6.04 Å². The highest BCUT2D eigenvalue weighted by Crippen LogP contribution is 2.29. The topological polar surface area (TPSA) is 93.2 Å². The van der Waals surface area contributed by atoms with E-state index in [4.69, 9.17) is 5.73 Å². The van der Waals surface area contributed by atoms with Gasteiger partial charge >= 0.3 is 0 Å². The summed E-state index contributed by atoms with van der Waals surface area (Å²) in [5.74, 6) is 0.00813. The summed E-state index contributed by atoms with van der Waals surface area (Å²) in [5.41, 5.74) is 7.47. The van der Waals surface area contributed by atoms with E-state index in [1.54, 1.807) is 23.6 Å². The molecule has 1 fully saturated rings. The number of piperazine rings is 1. The van der Waals surface area contributed by atoms with E-state index in [2.05, 4.69) is 10.4 Å². The van der Waals surface area contributed by atoms with Gasteiger partial charge in [-0.2, -0.15) is 5.10 Å². The molecule has 0 spiro atoms. The Balaban J connectivity index is 2.40. The van der Waals surface area contributed by atoms with E-state index in [0.717, 1.165) is 18.5 Å². The zero-order chi connectivity index (χ0) is 14.2. The minimum Gasteiger partial charge on any atom is -0.394 e. The Labute approximate surface area is 111 Å². The van der Waals surface area contributed by atoms with Crippen molar-refractivity contribution in [2.24, 2.45) is 7.05 Å². The van der Waals surface area contributed by atoms with Gasteiger partial charge in [0.25, 0.3) is 0 Å². The molecule has 1 saturated heterocycles. The van der Waals surface area contributed by atoms with E-state index < -0.39 is 6.04 Å². The molecule has 0 bridgehead atoms. The van der Waals surface area contributed by atoms with Crippen LogP contribution in [0.2, 0.25) is 0 Å². The van der Waals surface area contributed by atoms with Crippen molar-refractivity contribution in [1.82, 2.24) is 15.1 Å². The molecule has 2 rings (SSSR count). The van der Waals surface area contributed by atoms with Crippen molar-refractivity contribution in [2.75, 3.05) is 17.2 Å². The van der Waals surface area contributed by atoms with Crippen LogP contribution in [0.25, 0.3) is 0 Å². The van der Waals surface area contributed by atoms with E-state index >= 15 is 0 Å². The summed E-state index contributed by atoms with van der Waals surface area (Å²) in [6.07, 6.45) is 1.72. The second-order valence-electron chi connectivity index (χ2n) is 4.77. The van der Waals surface area contributed by atoms with Gasteiger partial charge in [0.15, 0.2) is 5.82 Å². The van der Waals surface area contributed by atoms with Crippen molar-refractivity contribution < 1.29 is 9.59 Å². The van der Waals surface area contributed by atoms with Crippen LogP contribution in [0, 0.1) is 0 Å². The minimum absolute atomic E-state index is 0.113. The zero-order valence-electron chi connectivity index (χ0n) is 11.4. The molecule has 3 N–H and O–H groups in total. The molecule has 1 atom stereocenters. The van der Waals surface area contributed by atoms with E-state index in [1.165, 1.54) is 0 Å². The summed E-state index contributed by atoms with van der Waals surface area (Å²) in [7, 11) is 1.77. The molecule has 19 heavy (non-hydrogen) atoms. The molecule has 1 aliphatic heterocycles. The number of anilines is 2. The average molecular weight is 265 g/mol. The van der Waals surface area contributed by atoms with Gasteiger partial charge in [-0.05, 0) is 13.3 Å². The maximum atomic E-state index is 11.7. The minimum atomic E-state index is -0.440. The Morgan fingerprint density at radius 3 is 2.79 bits per heavy atom. The fraction of sp³-hybridized carbons (Fsp3) is 0.583. The molecule has 1 aromatic heterocycles. The molecule has 0 radical (unpaired) electrons. The van der Waals surface area contributed by atoms with Crippen molar-refractivity contribution in [2.45, 2.75) is 32.7 Å². The van der Waals surface area contributed by atoms with Crippen molar-refractivity contribution >= 4 is 23.3 Å². The fourth-order valence-corrected chi connectivity index (χ4v) is 2.32. The number of hydrogen-bond donors (Lipinski definition) is 2. The number of nitrogens with zero attached hydrogens (tertiary/aromatic N) is 3. The number of carbonyl (C=O) groups excluding carboxylic acids is 2. The summed E-state index contributed by atoms with van der Waals surface area (Å²) in [6, 6.07) is -0.440. The van der Waals surface area contributed by atoms with Gasteiger partial charge in [0, 0.05) is 7.05 Å². The number of nitrogens with one attached hydrogen (secondary N) is 1. The zero-order valence-corrected chi connectivity index (χ0v) is 11.4. The van der Waals surface area contributed by atoms with Crippen molar-refractivity contribution in [3.63, 3.8) is 0 Å². The first kappa shape index (κ1) is 13.4. The lowest BCUT2D eigenvalue weighted by Crippen LogP contribution is -2.57. The van der Waals surface area contributed by atoms with Crippen LogP contribution in [0.3, 0.4) is 0 Å². The molecule has 2 amide bonds. The lowest BCUT2D eigenvalue weighted by Gasteiger charge is -2.33. The first-order chi connectivity index (χ1) is 8.95. The third-order valence-corrected chi connectivity index (χ3v) is 3.31. The second-order valence-corrected chi connectivity index (χ2v) is 4.77. The number of amides is 2. The SMILES string of the molecule is CCCc1nn(C)c(N2CC(=O)NC(=O)C2C)c1N. The van der Waals surface area contributed by atoms with Crippen LogP contribution >= 0.6 is 0 Å². The molecular weight excluding hydrogens is 246 g/mol. The van der Waals surface area contributed by atoms with Gasteiger partial charge < -0.3 is 10.6 Å². The number of hydrogen-bond acceptors (Lipinski definition) is 5. The molecule has 1 unspecified atom stereocenters. The number of imide groups is 1. The van der Waals surface area contributed by atoms with Gasteiger partial charge in [0.05, 0.1) is 17.9 Å². The van der Waals surface area contributed by atoms with Gasteiger partial charge in [-0.15, -0.1) is 0 Å². The number of carbonyl (C=O) groups is 2. The summed E-state index contributed by atoms with van der Waals surface area (Å²) in [6.45, 7) is 3.91. The van der Waals surface area contributed by atoms with Crippen LogP contribution in [0.15, 0.2) is 0 Å². The second kappa shape index (κ2) is 4.91. The summed E-state index contributed by atoms with van der Waals surface area (Å²) in [5, 5.41) is 6.68. The monoisotopic (exact) mass is 265 g/mol. The van der Waals surface area contributed by atoms with Gasteiger partial charge in [-0.25, -0.2) is 0 Å². The standard InChI is InChI=1S/C12H19N5O2/c1-4-5-8-10(13)12(16(3)15-8)17-6-9(18)14-11(19)7(17)2/h7H,4-6,13H2,1-3H3,(H,14,18,19). The van der Waals surface area contributed by atoms with Crippen LogP contribution in [0.5, 0.6) is 0 Å². The Bertz CT molecular complexity index is 522. The maximum absolute atomic E-state index is 11.7. The number of nitrogens with two attached hydrogens (primary N) is 1. The number of rotatable bonds is 3. The van der Waals surface area contributed by atoms with Crippen molar-refractivity contribution in [3.05, 3.63) is 5.69 Å². The molecule has 0 saturated carbocycles. The molecule has 104 valence electrons. The molecule has 1 aliphatic rings. The highest BCUT2D eigenvalue weighted by Gasteiger charge is 2.33. The number of aryl methyl sites for hydroxylation is 2. The van der Waals surface area contributed by atoms with Crippen LogP contribution in [-0.2, 0) is 23.1 Å². The van der Waals surface area contributed by atoms with Gasteiger partial charge in [-0.3, -0.25) is 19.6 Å². The molecule has 0 aliphatic carbocycles. The molecule has 0 aromatic carbocycles. The number of nitrogen functional groups attached to an aromatic ring is 1. The Kier molecular flexibility index (Phi) is 3.46. The highest BCUT2D eigenvalue weighted by molar-refractivity contribution is 6.04. The first-order valence-electron chi connectivity index (χ1n) is 6.37. The molecule has 1 aromatic rings. The summed E-state index contributed by atoms with van der Waals surface area (Å²) >= 11 is 0. The Morgan fingerprint density at radius 1 is 1.47 bits per heavy atom. The summed E-state index contributed by atoms with van der Waals surface area (Å²) in [4.78, 5) is 24.9. The van der Waals surface area contributed by atoms with E-state index in [1.807, 2.05) is 6.92 Å². The predicted octanol–water partition coefficient (Wildman–Crippen LogP) is -0.194. The van der Waals surface area contributed by atoms with Crippen LogP contribution in [0.4, 0.5) is 11.5 Å². The Hall–Kier alpha value is -2.05. The lowest BCUT2D eigenvalue weighted by molar-refractivity contribution is -0.132. The molecule has 2 heterocycles. The quantitative estimate of drug-likeness (QED) is 0.739. The summed E-state index contributed by atoms with van der Waals surface area (Å²) < 4.78 is 1.64. The van der Waals surface area contributed by atoms with Crippen LogP contribution in [0.1, 0.15) is 26.0 Å². The average Bonchev–Trinajstić information content (AvgIpc) is 2.60. The van der Waals surface area contributed by atoms with Gasteiger partial charge in [-0.1, -0.05) is 13.3 Å². The third-order valence-electron chi connectivity index (χ3n) is 3.31. The Morgan fingerprint density at radius 2 is 2.16 bits per heavy atom. The van der Waals surface area contributed by atoms with Crippen LogP contribution in [-0.4, -0.2) is 34.2 Å². The molecule has 7 nitrogen and oxygen atoms in total. The molecular formula is C12H19N5O2. The normalized spacial score (nSPS) is 19.7. The van der Waals surface area contributed by atoms with Crippen LogP contribution < -0.4 is 16.0 Å². The largest absolute Gasteiger partial charge is 0.394 e. The fourth-order valence-electron chi connectivity index (χ4n) is 2.32. The van der Waals surface area contributed by atoms with E-state index in [-0.39, 0.29) is 18.4 Å². The molecule has 7 heteroatoms. The number of aromatic nitrogens is 2. The highest BCUT2D eigenvalue weighted by atomic mass is 16.2. The van der Waals surface area contributed by atoms with Gasteiger partial charge in [0.2, 0.25) is 11.8 Å². The van der Waals surface area contributed by atoms with Crippen molar-refractivity contribution in [1.29, 1.82) is 0 Å². The smallest absolute Gasteiger partial charge is 0.249 e. The first-order valence-corrected chi connectivity index (χ1v) is 6.37. The third kappa shape index (κ3) is 2.27. The predicted molar refractivity (Wildman–Crippen MR) is 71.6 cm³/mol. The lowest BCUT2D eigenvalue weighted by atomic mass is 10.1. The van der Waals surface area contributed by atoms with Crippen molar-refractivity contribution in [3.8, 4) is 0 Å². The van der Waals surface area contributed by atoms with E-state index in [9.17, 15) is 9.59 Å². The van der Waals surface area contributed by atoms with E-state index in [0.29, 0.717) is 11.5 Å².